The molecule has 0 saturated carbocycles. The van der Waals surface area contributed by atoms with Gasteiger partial charge < -0.3 is 16.0 Å². The van der Waals surface area contributed by atoms with Crippen molar-refractivity contribution in [2.75, 3.05) is 26.2 Å². The SMILES string of the molecule is CC(C)C(CCN)CCC(=O)NCCC(=O)N1CCCC1. The molecule has 1 saturated heterocycles. The number of rotatable bonds is 9. The fourth-order valence-electron chi connectivity index (χ4n) is 2.86. The molecular weight excluding hydrogens is 266 g/mol. The second-order valence-corrected chi connectivity index (χ2v) is 6.31. The Balaban J connectivity index is 2.14. The Hall–Kier alpha value is -1.10. The molecule has 1 rings (SSSR count). The van der Waals surface area contributed by atoms with E-state index in [4.69, 9.17) is 5.73 Å². The van der Waals surface area contributed by atoms with Crippen molar-refractivity contribution in [1.82, 2.24) is 10.2 Å². The Bertz CT molecular complexity index is 325. The Morgan fingerprint density at radius 3 is 2.38 bits per heavy atom. The van der Waals surface area contributed by atoms with Crippen LogP contribution in [0.5, 0.6) is 0 Å². The highest BCUT2D eigenvalue weighted by molar-refractivity contribution is 5.79. The van der Waals surface area contributed by atoms with Gasteiger partial charge in [-0.3, -0.25) is 9.59 Å². The minimum absolute atomic E-state index is 0.0480. The second kappa shape index (κ2) is 9.77. The summed E-state index contributed by atoms with van der Waals surface area (Å²) in [6.07, 6.45) is 5.01. The summed E-state index contributed by atoms with van der Waals surface area (Å²) in [5, 5.41) is 2.86. The lowest BCUT2D eigenvalue weighted by atomic mass is 9.88. The van der Waals surface area contributed by atoms with Crippen LogP contribution in [-0.4, -0.2) is 42.9 Å². The lowest BCUT2D eigenvalue weighted by Crippen LogP contribution is -2.32. The average Bonchev–Trinajstić information content (AvgIpc) is 2.97. The van der Waals surface area contributed by atoms with Gasteiger partial charge in [0.1, 0.15) is 0 Å². The number of carbonyl (C=O) groups excluding carboxylic acids is 2. The van der Waals surface area contributed by atoms with E-state index >= 15 is 0 Å². The van der Waals surface area contributed by atoms with E-state index in [1.54, 1.807) is 0 Å². The van der Waals surface area contributed by atoms with Gasteiger partial charge in [0.15, 0.2) is 0 Å². The van der Waals surface area contributed by atoms with Gasteiger partial charge in [0.25, 0.3) is 0 Å². The summed E-state index contributed by atoms with van der Waals surface area (Å²) < 4.78 is 0. The number of nitrogens with one attached hydrogen (secondary N) is 1. The van der Waals surface area contributed by atoms with Crippen LogP contribution in [0.3, 0.4) is 0 Å². The largest absolute Gasteiger partial charge is 0.356 e. The molecule has 1 fully saturated rings. The molecule has 3 N–H and O–H groups in total. The maximum atomic E-state index is 11.8. The summed E-state index contributed by atoms with van der Waals surface area (Å²) in [5.74, 6) is 1.27. The van der Waals surface area contributed by atoms with Crippen molar-refractivity contribution in [3.8, 4) is 0 Å². The standard InChI is InChI=1S/C16H31N3O2/c1-13(2)14(7-9-17)5-6-15(20)18-10-8-16(21)19-11-3-4-12-19/h13-14H,3-12,17H2,1-2H3,(H,18,20). The van der Waals surface area contributed by atoms with Crippen LogP contribution in [0.15, 0.2) is 0 Å². The predicted molar refractivity (Wildman–Crippen MR) is 84.7 cm³/mol. The predicted octanol–water partition coefficient (Wildman–Crippen LogP) is 1.52. The van der Waals surface area contributed by atoms with Crippen molar-refractivity contribution < 1.29 is 9.59 Å². The molecule has 0 aromatic rings. The first-order valence-corrected chi connectivity index (χ1v) is 8.29. The average molecular weight is 297 g/mol. The highest BCUT2D eigenvalue weighted by atomic mass is 16.2. The van der Waals surface area contributed by atoms with Crippen molar-refractivity contribution in [1.29, 1.82) is 0 Å². The summed E-state index contributed by atoms with van der Waals surface area (Å²) >= 11 is 0. The van der Waals surface area contributed by atoms with E-state index < -0.39 is 0 Å². The third-order valence-corrected chi connectivity index (χ3v) is 4.34. The van der Waals surface area contributed by atoms with Crippen molar-refractivity contribution in [2.24, 2.45) is 17.6 Å². The molecule has 122 valence electrons. The Labute approximate surface area is 128 Å². The summed E-state index contributed by atoms with van der Waals surface area (Å²) in [6.45, 7) is 7.23. The third-order valence-electron chi connectivity index (χ3n) is 4.34. The number of carbonyl (C=O) groups is 2. The van der Waals surface area contributed by atoms with Crippen LogP contribution in [0.25, 0.3) is 0 Å². The van der Waals surface area contributed by atoms with Crippen molar-refractivity contribution in [2.45, 2.75) is 52.4 Å². The molecule has 0 spiro atoms. The number of nitrogens with two attached hydrogens (primary N) is 1. The molecule has 0 aliphatic carbocycles. The van der Waals surface area contributed by atoms with Crippen LogP contribution >= 0.6 is 0 Å². The molecule has 1 atom stereocenters. The monoisotopic (exact) mass is 297 g/mol. The molecule has 0 radical (unpaired) electrons. The molecule has 1 aliphatic rings. The molecule has 0 aromatic heterocycles. The zero-order valence-corrected chi connectivity index (χ0v) is 13.6. The van der Waals surface area contributed by atoms with Gasteiger partial charge >= 0.3 is 0 Å². The number of amides is 2. The summed E-state index contributed by atoms with van der Waals surface area (Å²) in [5.41, 5.74) is 5.60. The van der Waals surface area contributed by atoms with Crippen LogP contribution in [0.4, 0.5) is 0 Å². The maximum absolute atomic E-state index is 11.8. The van der Waals surface area contributed by atoms with Gasteiger partial charge in [-0.05, 0) is 44.1 Å². The van der Waals surface area contributed by atoms with Crippen molar-refractivity contribution in [3.63, 3.8) is 0 Å². The van der Waals surface area contributed by atoms with E-state index in [2.05, 4.69) is 19.2 Å². The molecule has 0 aromatic carbocycles. The van der Waals surface area contributed by atoms with Gasteiger partial charge in [-0.25, -0.2) is 0 Å². The van der Waals surface area contributed by atoms with E-state index in [9.17, 15) is 9.59 Å². The molecule has 1 unspecified atom stereocenters. The van der Waals surface area contributed by atoms with E-state index in [-0.39, 0.29) is 11.8 Å². The van der Waals surface area contributed by atoms with E-state index in [1.165, 1.54) is 0 Å². The van der Waals surface area contributed by atoms with Gasteiger partial charge in [0.05, 0.1) is 0 Å². The first kappa shape index (κ1) is 18.0. The first-order valence-electron chi connectivity index (χ1n) is 8.29. The highest BCUT2D eigenvalue weighted by Gasteiger charge is 2.18. The second-order valence-electron chi connectivity index (χ2n) is 6.31. The van der Waals surface area contributed by atoms with Gasteiger partial charge in [-0.1, -0.05) is 13.8 Å². The van der Waals surface area contributed by atoms with E-state index in [1.807, 2.05) is 4.90 Å². The number of hydrogen-bond donors (Lipinski definition) is 2. The van der Waals surface area contributed by atoms with Crippen LogP contribution in [0.1, 0.15) is 52.4 Å². The molecule has 0 bridgehead atoms. The third kappa shape index (κ3) is 6.93. The Morgan fingerprint density at radius 2 is 1.81 bits per heavy atom. The molecular formula is C16H31N3O2. The first-order chi connectivity index (χ1) is 10.0. The minimum atomic E-state index is 0.0480. The quantitative estimate of drug-likeness (QED) is 0.677. The summed E-state index contributed by atoms with van der Waals surface area (Å²) in [7, 11) is 0. The van der Waals surface area contributed by atoms with Crippen molar-refractivity contribution >= 4 is 11.8 Å². The maximum Gasteiger partial charge on any atom is 0.224 e. The van der Waals surface area contributed by atoms with Crippen LogP contribution in [-0.2, 0) is 9.59 Å². The molecule has 1 heterocycles. The molecule has 5 nitrogen and oxygen atoms in total. The van der Waals surface area contributed by atoms with Gasteiger partial charge in [-0.2, -0.15) is 0 Å². The molecule has 1 aliphatic heterocycles. The van der Waals surface area contributed by atoms with Crippen LogP contribution in [0, 0.1) is 11.8 Å². The smallest absolute Gasteiger partial charge is 0.224 e. The number of hydrogen-bond acceptors (Lipinski definition) is 3. The fourth-order valence-corrected chi connectivity index (χ4v) is 2.86. The molecule has 2 amide bonds. The minimum Gasteiger partial charge on any atom is -0.356 e. The lowest BCUT2D eigenvalue weighted by Gasteiger charge is -2.19. The van der Waals surface area contributed by atoms with E-state index in [0.29, 0.717) is 37.8 Å². The fraction of sp³-hybridized carbons (Fsp3) is 0.875. The highest BCUT2D eigenvalue weighted by Crippen LogP contribution is 2.20. The van der Waals surface area contributed by atoms with Crippen LogP contribution in [0.2, 0.25) is 0 Å². The zero-order chi connectivity index (χ0) is 15.7. The summed E-state index contributed by atoms with van der Waals surface area (Å²) in [6, 6.07) is 0. The van der Waals surface area contributed by atoms with Gasteiger partial charge in [0.2, 0.25) is 11.8 Å². The number of likely N-dealkylation sites (tertiary alicyclic amines) is 1. The Kier molecular flexibility index (Phi) is 8.35. The molecule has 5 heteroatoms. The van der Waals surface area contributed by atoms with Crippen LogP contribution < -0.4 is 11.1 Å². The Morgan fingerprint density at radius 1 is 1.14 bits per heavy atom. The van der Waals surface area contributed by atoms with E-state index in [0.717, 1.165) is 38.8 Å². The normalized spacial score (nSPS) is 16.3. The zero-order valence-electron chi connectivity index (χ0n) is 13.6. The topological polar surface area (TPSA) is 75.4 Å². The summed E-state index contributed by atoms with van der Waals surface area (Å²) in [4.78, 5) is 25.5. The van der Waals surface area contributed by atoms with Crippen molar-refractivity contribution in [3.05, 3.63) is 0 Å². The number of nitrogens with zero attached hydrogens (tertiary/aromatic N) is 1. The molecule has 21 heavy (non-hydrogen) atoms. The van der Waals surface area contributed by atoms with Gasteiger partial charge in [0, 0.05) is 32.5 Å². The van der Waals surface area contributed by atoms with Gasteiger partial charge in [-0.15, -0.1) is 0 Å². The lowest BCUT2D eigenvalue weighted by molar-refractivity contribution is -0.130.